The van der Waals surface area contributed by atoms with Gasteiger partial charge in [0.2, 0.25) is 0 Å². The van der Waals surface area contributed by atoms with Crippen LogP contribution in [0.25, 0.3) is 0 Å². The molecule has 1 aromatic carbocycles. The van der Waals surface area contributed by atoms with Gasteiger partial charge in [-0.1, -0.05) is 37.6 Å². The van der Waals surface area contributed by atoms with E-state index in [1.807, 2.05) is 12.1 Å². The maximum Gasteiger partial charge on any atom is 0.118 e. The minimum absolute atomic E-state index is 0.0365. The molecular weight excluding hydrogens is 248 g/mol. The first-order chi connectivity index (χ1) is 9.55. The molecule has 2 aliphatic rings. The zero-order valence-electron chi connectivity index (χ0n) is 12.8. The van der Waals surface area contributed by atoms with Crippen LogP contribution in [0.5, 0.6) is 5.75 Å². The van der Waals surface area contributed by atoms with Crippen LogP contribution in [-0.4, -0.2) is 12.7 Å². The number of hydrogen-bond acceptors (Lipinski definition) is 2. The second-order valence-corrected chi connectivity index (χ2v) is 6.49. The normalized spacial score (nSPS) is 32.4. The summed E-state index contributed by atoms with van der Waals surface area (Å²) in [5, 5.41) is 0. The van der Waals surface area contributed by atoms with Gasteiger partial charge < -0.3 is 9.47 Å². The van der Waals surface area contributed by atoms with Crippen LogP contribution in [0.15, 0.2) is 35.9 Å². The highest BCUT2D eigenvalue weighted by atomic mass is 16.5. The van der Waals surface area contributed by atoms with E-state index < -0.39 is 0 Å². The van der Waals surface area contributed by atoms with Crippen LogP contribution in [0, 0.1) is 11.8 Å². The van der Waals surface area contributed by atoms with E-state index in [0.29, 0.717) is 11.8 Å². The second kappa shape index (κ2) is 4.92. The summed E-state index contributed by atoms with van der Waals surface area (Å²) in [6.45, 7) is 6.81. The van der Waals surface area contributed by atoms with Crippen LogP contribution in [0.4, 0.5) is 0 Å². The Morgan fingerprint density at radius 1 is 1.25 bits per heavy atom. The zero-order valence-corrected chi connectivity index (χ0v) is 12.8. The van der Waals surface area contributed by atoms with Gasteiger partial charge in [-0.05, 0) is 43.4 Å². The van der Waals surface area contributed by atoms with Gasteiger partial charge in [0.25, 0.3) is 0 Å². The molecule has 0 aromatic heterocycles. The van der Waals surface area contributed by atoms with Gasteiger partial charge in [-0.3, -0.25) is 0 Å². The number of hydrogen-bond donors (Lipinski definition) is 0. The summed E-state index contributed by atoms with van der Waals surface area (Å²) in [4.78, 5) is 0. The summed E-state index contributed by atoms with van der Waals surface area (Å²) in [7, 11) is 1.70. The lowest BCUT2D eigenvalue weighted by Gasteiger charge is -2.34. The van der Waals surface area contributed by atoms with Crippen LogP contribution >= 0.6 is 0 Å². The molecule has 1 aliphatic heterocycles. The summed E-state index contributed by atoms with van der Waals surface area (Å²) < 4.78 is 11.8. The van der Waals surface area contributed by atoms with Gasteiger partial charge in [0.05, 0.1) is 18.8 Å². The van der Waals surface area contributed by atoms with Gasteiger partial charge in [0.1, 0.15) is 5.75 Å². The van der Waals surface area contributed by atoms with Gasteiger partial charge in [0.15, 0.2) is 0 Å². The van der Waals surface area contributed by atoms with Crippen LogP contribution in [0.2, 0.25) is 0 Å². The number of rotatable bonds is 3. The molecule has 0 N–H and O–H groups in total. The fourth-order valence-corrected chi connectivity index (χ4v) is 3.58. The van der Waals surface area contributed by atoms with E-state index in [4.69, 9.17) is 9.47 Å². The molecule has 1 aromatic rings. The van der Waals surface area contributed by atoms with Gasteiger partial charge in [-0.15, -0.1) is 0 Å². The molecule has 1 fully saturated rings. The number of fused-ring (bicyclic) bond motifs is 2. The first-order valence-electron chi connectivity index (χ1n) is 7.54. The monoisotopic (exact) mass is 272 g/mol. The highest BCUT2D eigenvalue weighted by Crippen LogP contribution is 2.54. The molecule has 0 spiro atoms. The molecule has 1 aliphatic carbocycles. The fourth-order valence-electron chi connectivity index (χ4n) is 3.58. The minimum Gasteiger partial charge on any atom is -0.497 e. The lowest BCUT2D eigenvalue weighted by Crippen LogP contribution is -2.35. The average Bonchev–Trinajstić information content (AvgIpc) is 2.80. The van der Waals surface area contributed by atoms with Crippen molar-refractivity contribution >= 4 is 0 Å². The lowest BCUT2D eigenvalue weighted by molar-refractivity contribution is -0.0707. The molecule has 3 atom stereocenters. The highest BCUT2D eigenvalue weighted by Gasteiger charge is 2.50. The third-order valence-corrected chi connectivity index (χ3v) is 5.14. The Kier molecular flexibility index (Phi) is 3.37. The molecule has 1 saturated heterocycles. The van der Waals surface area contributed by atoms with E-state index in [2.05, 4.69) is 39.0 Å². The second-order valence-electron chi connectivity index (χ2n) is 6.49. The molecule has 3 rings (SSSR count). The Balaban J connectivity index is 1.92. The van der Waals surface area contributed by atoms with E-state index in [-0.39, 0.29) is 11.7 Å². The summed E-state index contributed by atoms with van der Waals surface area (Å²) in [5.74, 6) is 1.98. The smallest absolute Gasteiger partial charge is 0.118 e. The standard InChI is InChI=1S/C18H24O2/c1-12(2)18-10-9-13(3)16(11-18)17(20-18)14-5-7-15(19-4)8-6-14/h5-9,12,16-17H,10-11H2,1-4H3/t16-,17+,18-/m1/s1. The van der Waals surface area contributed by atoms with E-state index in [1.165, 1.54) is 11.1 Å². The van der Waals surface area contributed by atoms with Crippen LogP contribution in [-0.2, 0) is 4.74 Å². The maximum atomic E-state index is 6.57. The van der Waals surface area contributed by atoms with Gasteiger partial charge in [-0.2, -0.15) is 0 Å². The number of methoxy groups -OCH3 is 1. The van der Waals surface area contributed by atoms with Crippen LogP contribution in [0.3, 0.4) is 0 Å². The third-order valence-electron chi connectivity index (χ3n) is 5.14. The molecule has 0 saturated carbocycles. The number of benzene rings is 1. The van der Waals surface area contributed by atoms with Crippen molar-refractivity contribution in [3.8, 4) is 5.75 Å². The quantitative estimate of drug-likeness (QED) is 0.753. The maximum absolute atomic E-state index is 6.57. The first kappa shape index (κ1) is 13.7. The summed E-state index contributed by atoms with van der Waals surface area (Å²) >= 11 is 0. The molecule has 2 heteroatoms. The van der Waals surface area contributed by atoms with E-state index in [1.54, 1.807) is 7.11 Å². The lowest BCUT2D eigenvalue weighted by atomic mass is 9.74. The van der Waals surface area contributed by atoms with Crippen molar-refractivity contribution in [2.24, 2.45) is 11.8 Å². The highest BCUT2D eigenvalue weighted by molar-refractivity contribution is 5.32. The zero-order chi connectivity index (χ0) is 14.3. The van der Waals surface area contributed by atoms with Crippen molar-refractivity contribution in [3.63, 3.8) is 0 Å². The third kappa shape index (κ3) is 2.07. The van der Waals surface area contributed by atoms with Crippen LogP contribution in [0.1, 0.15) is 45.3 Å². The Hall–Kier alpha value is -1.28. The predicted octanol–water partition coefficient (Wildman–Crippen LogP) is 4.52. The summed E-state index contributed by atoms with van der Waals surface area (Å²) in [5.41, 5.74) is 2.79. The molecule has 2 bridgehead atoms. The Morgan fingerprint density at radius 3 is 2.55 bits per heavy atom. The number of ether oxygens (including phenoxy) is 2. The van der Waals surface area contributed by atoms with Crippen molar-refractivity contribution < 1.29 is 9.47 Å². The topological polar surface area (TPSA) is 18.5 Å². The largest absolute Gasteiger partial charge is 0.497 e. The SMILES string of the molecule is COc1ccc([C@@H]2O[C@]3(C(C)C)CC=C(C)[C@H]2C3)cc1. The molecule has 1 heterocycles. The molecule has 0 amide bonds. The van der Waals surface area contributed by atoms with E-state index in [0.717, 1.165) is 18.6 Å². The Bertz CT molecular complexity index is 515. The Labute approximate surface area is 121 Å². The minimum atomic E-state index is 0.0365. The molecule has 0 radical (unpaired) electrons. The van der Waals surface area contributed by atoms with E-state index in [9.17, 15) is 0 Å². The van der Waals surface area contributed by atoms with Gasteiger partial charge in [0, 0.05) is 5.92 Å². The molecule has 20 heavy (non-hydrogen) atoms. The first-order valence-corrected chi connectivity index (χ1v) is 7.54. The predicted molar refractivity (Wildman–Crippen MR) is 80.9 cm³/mol. The fraction of sp³-hybridized carbons (Fsp3) is 0.556. The molecule has 0 unspecified atom stereocenters. The van der Waals surface area contributed by atoms with Crippen LogP contribution < -0.4 is 4.74 Å². The van der Waals surface area contributed by atoms with Crippen molar-refractivity contribution in [2.75, 3.05) is 7.11 Å². The van der Waals surface area contributed by atoms with Crippen molar-refractivity contribution in [3.05, 3.63) is 41.5 Å². The molecular formula is C18H24O2. The average molecular weight is 272 g/mol. The summed E-state index contributed by atoms with van der Waals surface area (Å²) in [6.07, 6.45) is 4.79. The van der Waals surface area contributed by atoms with Gasteiger partial charge >= 0.3 is 0 Å². The van der Waals surface area contributed by atoms with E-state index >= 15 is 0 Å². The van der Waals surface area contributed by atoms with Crippen molar-refractivity contribution in [1.29, 1.82) is 0 Å². The van der Waals surface area contributed by atoms with Crippen molar-refractivity contribution in [2.45, 2.75) is 45.3 Å². The summed E-state index contributed by atoms with van der Waals surface area (Å²) in [6, 6.07) is 8.35. The molecule has 108 valence electrons. The molecule has 2 nitrogen and oxygen atoms in total. The van der Waals surface area contributed by atoms with Crippen molar-refractivity contribution in [1.82, 2.24) is 0 Å². The Morgan fingerprint density at radius 2 is 1.95 bits per heavy atom. The van der Waals surface area contributed by atoms with Gasteiger partial charge in [-0.25, -0.2) is 0 Å².